The monoisotopic (exact) mass is 283 g/mol. The molecule has 1 aliphatic carbocycles. The minimum Gasteiger partial charge on any atom is -0.369 e. The molecular formula is C17H21N3O. The first kappa shape index (κ1) is 12.9. The van der Waals surface area contributed by atoms with Crippen LogP contribution in [0.4, 0.5) is 5.69 Å². The average molecular weight is 283 g/mol. The molecule has 0 N–H and O–H groups in total. The van der Waals surface area contributed by atoms with Gasteiger partial charge in [0.25, 0.3) is 0 Å². The SMILES string of the molecule is c1ccc(N2CCN(Cc3cc(C4CC4)on3)CC2)cc1. The molecule has 4 rings (SSSR count). The summed E-state index contributed by atoms with van der Waals surface area (Å²) in [5.41, 5.74) is 2.42. The highest BCUT2D eigenvalue weighted by molar-refractivity contribution is 5.46. The summed E-state index contributed by atoms with van der Waals surface area (Å²) >= 11 is 0. The van der Waals surface area contributed by atoms with E-state index in [2.05, 4.69) is 51.4 Å². The van der Waals surface area contributed by atoms with Gasteiger partial charge in [0.2, 0.25) is 0 Å². The number of para-hydroxylation sites is 1. The van der Waals surface area contributed by atoms with Gasteiger partial charge in [-0.1, -0.05) is 23.4 Å². The summed E-state index contributed by atoms with van der Waals surface area (Å²) in [4.78, 5) is 4.92. The van der Waals surface area contributed by atoms with E-state index in [0.717, 1.165) is 44.2 Å². The lowest BCUT2D eigenvalue weighted by Gasteiger charge is -2.35. The van der Waals surface area contributed by atoms with Crippen molar-refractivity contribution in [1.82, 2.24) is 10.1 Å². The quantitative estimate of drug-likeness (QED) is 0.863. The summed E-state index contributed by atoms with van der Waals surface area (Å²) in [6.45, 7) is 5.24. The van der Waals surface area contributed by atoms with Crippen LogP contribution in [-0.4, -0.2) is 36.2 Å². The minimum atomic E-state index is 0.654. The Hall–Kier alpha value is -1.81. The smallest absolute Gasteiger partial charge is 0.140 e. The van der Waals surface area contributed by atoms with Crippen LogP contribution in [0.3, 0.4) is 0 Å². The minimum absolute atomic E-state index is 0.654. The molecule has 2 heterocycles. The first-order valence-electron chi connectivity index (χ1n) is 7.86. The van der Waals surface area contributed by atoms with Gasteiger partial charge in [-0.2, -0.15) is 0 Å². The molecular weight excluding hydrogens is 262 g/mol. The number of anilines is 1. The normalized spacial score (nSPS) is 19.9. The molecule has 0 bridgehead atoms. The van der Waals surface area contributed by atoms with Crippen LogP contribution in [0.15, 0.2) is 40.9 Å². The van der Waals surface area contributed by atoms with Crippen molar-refractivity contribution in [3.8, 4) is 0 Å². The molecule has 1 aliphatic heterocycles. The van der Waals surface area contributed by atoms with E-state index >= 15 is 0 Å². The van der Waals surface area contributed by atoms with Gasteiger partial charge < -0.3 is 9.42 Å². The van der Waals surface area contributed by atoms with Gasteiger partial charge in [0.15, 0.2) is 0 Å². The second-order valence-corrected chi connectivity index (χ2v) is 6.09. The molecule has 0 atom stereocenters. The Balaban J connectivity index is 1.32. The van der Waals surface area contributed by atoms with Crippen molar-refractivity contribution in [2.75, 3.05) is 31.1 Å². The Labute approximate surface area is 125 Å². The van der Waals surface area contributed by atoms with Crippen molar-refractivity contribution in [2.24, 2.45) is 0 Å². The fourth-order valence-corrected chi connectivity index (χ4v) is 3.00. The van der Waals surface area contributed by atoms with Gasteiger partial charge in [0, 0.05) is 50.4 Å². The van der Waals surface area contributed by atoms with Gasteiger partial charge in [0.05, 0.1) is 5.69 Å². The second-order valence-electron chi connectivity index (χ2n) is 6.09. The highest BCUT2D eigenvalue weighted by atomic mass is 16.5. The molecule has 1 saturated carbocycles. The van der Waals surface area contributed by atoms with Crippen LogP contribution in [0.1, 0.15) is 30.2 Å². The first-order chi connectivity index (χ1) is 10.4. The number of aromatic nitrogens is 1. The molecule has 0 amide bonds. The van der Waals surface area contributed by atoms with Crippen molar-refractivity contribution in [3.05, 3.63) is 47.9 Å². The maximum atomic E-state index is 5.43. The van der Waals surface area contributed by atoms with E-state index in [1.165, 1.54) is 18.5 Å². The standard InChI is InChI=1S/C17H21N3O/c1-2-4-16(5-3-1)20-10-8-19(9-11-20)13-15-12-17(21-18-15)14-6-7-14/h1-5,12,14H,6-11,13H2. The highest BCUT2D eigenvalue weighted by Gasteiger charge is 2.28. The second kappa shape index (κ2) is 5.53. The fourth-order valence-electron chi connectivity index (χ4n) is 3.00. The fraction of sp³-hybridized carbons (Fsp3) is 0.471. The average Bonchev–Trinajstić information content (AvgIpc) is 3.29. The third kappa shape index (κ3) is 2.95. The van der Waals surface area contributed by atoms with E-state index in [1.807, 2.05) is 0 Å². The number of hydrogen-bond donors (Lipinski definition) is 0. The van der Waals surface area contributed by atoms with Gasteiger partial charge in [-0.25, -0.2) is 0 Å². The van der Waals surface area contributed by atoms with Crippen molar-refractivity contribution >= 4 is 5.69 Å². The molecule has 0 radical (unpaired) electrons. The number of rotatable bonds is 4. The lowest BCUT2D eigenvalue weighted by Crippen LogP contribution is -2.46. The van der Waals surface area contributed by atoms with Crippen LogP contribution >= 0.6 is 0 Å². The number of piperazine rings is 1. The zero-order valence-corrected chi connectivity index (χ0v) is 12.2. The number of hydrogen-bond acceptors (Lipinski definition) is 4. The third-order valence-electron chi connectivity index (χ3n) is 4.44. The Morgan fingerprint density at radius 2 is 1.81 bits per heavy atom. The van der Waals surface area contributed by atoms with Crippen molar-refractivity contribution in [2.45, 2.75) is 25.3 Å². The Morgan fingerprint density at radius 1 is 1.05 bits per heavy atom. The van der Waals surface area contributed by atoms with Gasteiger partial charge in [-0.05, 0) is 25.0 Å². The topological polar surface area (TPSA) is 32.5 Å². The molecule has 4 heteroatoms. The first-order valence-corrected chi connectivity index (χ1v) is 7.86. The van der Waals surface area contributed by atoms with Crippen LogP contribution in [0.5, 0.6) is 0 Å². The molecule has 4 nitrogen and oxygen atoms in total. The lowest BCUT2D eigenvalue weighted by molar-refractivity contribution is 0.241. The van der Waals surface area contributed by atoms with Crippen LogP contribution in [0.25, 0.3) is 0 Å². The molecule has 1 aromatic heterocycles. The van der Waals surface area contributed by atoms with Crippen molar-refractivity contribution in [1.29, 1.82) is 0 Å². The molecule has 0 unspecified atom stereocenters. The Bertz CT molecular complexity index is 583. The van der Waals surface area contributed by atoms with E-state index in [0.29, 0.717) is 5.92 Å². The molecule has 2 fully saturated rings. The number of nitrogens with zero attached hydrogens (tertiary/aromatic N) is 3. The molecule has 1 aromatic carbocycles. The maximum Gasteiger partial charge on any atom is 0.140 e. The number of benzene rings is 1. The molecule has 110 valence electrons. The van der Waals surface area contributed by atoms with E-state index in [-0.39, 0.29) is 0 Å². The maximum absolute atomic E-state index is 5.43. The van der Waals surface area contributed by atoms with E-state index in [1.54, 1.807) is 0 Å². The zero-order chi connectivity index (χ0) is 14.1. The zero-order valence-electron chi connectivity index (χ0n) is 12.2. The van der Waals surface area contributed by atoms with Gasteiger partial charge in [-0.15, -0.1) is 0 Å². The Kier molecular flexibility index (Phi) is 3.39. The van der Waals surface area contributed by atoms with Gasteiger partial charge >= 0.3 is 0 Å². The summed E-state index contributed by atoms with van der Waals surface area (Å²) in [5, 5.41) is 4.22. The molecule has 0 spiro atoms. The third-order valence-corrected chi connectivity index (χ3v) is 4.44. The summed E-state index contributed by atoms with van der Waals surface area (Å²) in [5.74, 6) is 1.74. The van der Waals surface area contributed by atoms with Crippen molar-refractivity contribution in [3.63, 3.8) is 0 Å². The summed E-state index contributed by atoms with van der Waals surface area (Å²) < 4.78 is 5.43. The van der Waals surface area contributed by atoms with E-state index < -0.39 is 0 Å². The van der Waals surface area contributed by atoms with Crippen LogP contribution in [0.2, 0.25) is 0 Å². The largest absolute Gasteiger partial charge is 0.369 e. The predicted octanol–water partition coefficient (Wildman–Crippen LogP) is 2.87. The lowest BCUT2D eigenvalue weighted by atomic mass is 10.2. The van der Waals surface area contributed by atoms with Crippen LogP contribution < -0.4 is 4.90 Å². The summed E-state index contributed by atoms with van der Waals surface area (Å²) in [6.07, 6.45) is 2.54. The van der Waals surface area contributed by atoms with Gasteiger partial charge in [-0.3, -0.25) is 4.90 Å². The van der Waals surface area contributed by atoms with Crippen molar-refractivity contribution < 1.29 is 4.52 Å². The summed E-state index contributed by atoms with van der Waals surface area (Å²) in [7, 11) is 0. The van der Waals surface area contributed by atoms with Gasteiger partial charge in [0.1, 0.15) is 5.76 Å². The van der Waals surface area contributed by atoms with E-state index in [9.17, 15) is 0 Å². The molecule has 21 heavy (non-hydrogen) atoms. The molecule has 1 saturated heterocycles. The van der Waals surface area contributed by atoms with E-state index in [4.69, 9.17) is 4.52 Å². The summed E-state index contributed by atoms with van der Waals surface area (Å²) in [6, 6.07) is 12.8. The molecule has 2 aliphatic rings. The van der Waals surface area contributed by atoms with Crippen LogP contribution in [-0.2, 0) is 6.54 Å². The van der Waals surface area contributed by atoms with Crippen LogP contribution in [0, 0.1) is 0 Å². The highest BCUT2D eigenvalue weighted by Crippen LogP contribution is 2.40. The molecule has 2 aromatic rings. The Morgan fingerprint density at radius 3 is 2.52 bits per heavy atom. The predicted molar refractivity (Wildman–Crippen MR) is 82.4 cm³/mol.